The molecule has 0 N–H and O–H groups in total. The molecule has 0 amide bonds. The summed E-state index contributed by atoms with van der Waals surface area (Å²) in [5.74, 6) is 0.328. The van der Waals surface area contributed by atoms with Crippen LogP contribution in [0.15, 0.2) is 0 Å². The van der Waals surface area contributed by atoms with Gasteiger partial charge in [-0.2, -0.15) is 0 Å². The Hall–Kier alpha value is 0.630. The van der Waals surface area contributed by atoms with Gasteiger partial charge in [0.25, 0.3) is 0 Å². The average Bonchev–Trinajstić information content (AvgIpc) is 1.27. The van der Waals surface area contributed by atoms with Crippen LogP contribution in [0.2, 0.25) is 0 Å². The van der Waals surface area contributed by atoms with E-state index < -0.39 is 0 Å². The molecule has 0 bridgehead atoms. The first kappa shape index (κ1) is 5.76. The summed E-state index contributed by atoms with van der Waals surface area (Å²) in [6, 6.07) is 0. The van der Waals surface area contributed by atoms with E-state index in [2.05, 4.69) is 31.9 Å². The number of alkyl halides is 2. The van der Waals surface area contributed by atoms with Gasteiger partial charge in [0.1, 0.15) is 5.78 Å². The van der Waals surface area contributed by atoms with Crippen LogP contribution in [0.1, 0.15) is 12.8 Å². The minimum absolute atomic E-state index is 0.0307. The van der Waals surface area contributed by atoms with E-state index in [1.165, 1.54) is 0 Å². The summed E-state index contributed by atoms with van der Waals surface area (Å²) in [5.41, 5.74) is 0. The van der Waals surface area contributed by atoms with E-state index in [0.29, 0.717) is 18.6 Å². The topological polar surface area (TPSA) is 17.1 Å². The van der Waals surface area contributed by atoms with E-state index in [-0.39, 0.29) is 3.23 Å². The fourth-order valence-electron chi connectivity index (χ4n) is 0.525. The van der Waals surface area contributed by atoms with Crippen LogP contribution in [0.3, 0.4) is 0 Å². The quantitative estimate of drug-likeness (QED) is 0.578. The van der Waals surface area contributed by atoms with E-state index >= 15 is 0 Å². The van der Waals surface area contributed by atoms with Crippen LogP contribution in [0.5, 0.6) is 0 Å². The Morgan fingerprint density at radius 3 is 1.86 bits per heavy atom. The van der Waals surface area contributed by atoms with Crippen LogP contribution >= 0.6 is 31.9 Å². The minimum Gasteiger partial charge on any atom is -0.300 e. The molecule has 0 atom stereocenters. The SMILES string of the molecule is O=C1CC(Br)(Br)C1. The van der Waals surface area contributed by atoms with Crippen molar-refractivity contribution in [3.05, 3.63) is 0 Å². The fourth-order valence-corrected chi connectivity index (χ4v) is 1.78. The number of ketones is 1. The van der Waals surface area contributed by atoms with Crippen LogP contribution in [-0.2, 0) is 4.79 Å². The van der Waals surface area contributed by atoms with Crippen LogP contribution < -0.4 is 0 Å². The zero-order valence-corrected chi connectivity index (χ0v) is 6.75. The summed E-state index contributed by atoms with van der Waals surface area (Å²) in [5, 5.41) is 0. The number of carbonyl (C=O) groups is 1. The number of Topliss-reactive ketones (excluding diaryl/α,β-unsaturated/α-hetero) is 1. The molecular formula is C4H4Br2O. The molecule has 1 aliphatic carbocycles. The second kappa shape index (κ2) is 1.55. The molecule has 1 aliphatic rings. The van der Waals surface area contributed by atoms with Crippen molar-refractivity contribution in [2.24, 2.45) is 0 Å². The van der Waals surface area contributed by atoms with Crippen molar-refractivity contribution >= 4 is 37.6 Å². The third-order valence-electron chi connectivity index (χ3n) is 0.912. The van der Waals surface area contributed by atoms with Gasteiger partial charge in [0.2, 0.25) is 0 Å². The van der Waals surface area contributed by atoms with E-state index in [4.69, 9.17) is 0 Å². The molecule has 1 rings (SSSR count). The van der Waals surface area contributed by atoms with Gasteiger partial charge in [0.05, 0.1) is 3.23 Å². The Labute approximate surface area is 58.7 Å². The van der Waals surface area contributed by atoms with Gasteiger partial charge in [-0.25, -0.2) is 0 Å². The monoisotopic (exact) mass is 226 g/mol. The smallest absolute Gasteiger partial charge is 0.137 e. The van der Waals surface area contributed by atoms with E-state index in [1.54, 1.807) is 0 Å². The molecule has 0 radical (unpaired) electrons. The maximum atomic E-state index is 10.3. The van der Waals surface area contributed by atoms with Gasteiger partial charge in [-0.15, -0.1) is 0 Å². The first-order valence-corrected chi connectivity index (χ1v) is 3.58. The first-order chi connectivity index (χ1) is 3.10. The van der Waals surface area contributed by atoms with Crippen LogP contribution in [0.4, 0.5) is 0 Å². The average molecular weight is 228 g/mol. The Morgan fingerprint density at radius 2 is 1.86 bits per heavy atom. The van der Waals surface area contributed by atoms with Crippen molar-refractivity contribution in [1.82, 2.24) is 0 Å². The largest absolute Gasteiger partial charge is 0.300 e. The summed E-state index contributed by atoms with van der Waals surface area (Å²) in [4.78, 5) is 10.3. The normalized spacial score (nSPS) is 26.9. The predicted molar refractivity (Wildman–Crippen MR) is 34.8 cm³/mol. The van der Waals surface area contributed by atoms with Crippen molar-refractivity contribution in [3.63, 3.8) is 0 Å². The summed E-state index contributed by atoms with van der Waals surface area (Å²) in [6.45, 7) is 0. The van der Waals surface area contributed by atoms with Gasteiger partial charge >= 0.3 is 0 Å². The lowest BCUT2D eigenvalue weighted by molar-refractivity contribution is -0.123. The second-order valence-electron chi connectivity index (χ2n) is 1.75. The van der Waals surface area contributed by atoms with Gasteiger partial charge in [-0.3, -0.25) is 4.79 Å². The zero-order chi connectivity index (χ0) is 5.49. The predicted octanol–water partition coefficient (Wildman–Crippen LogP) is 1.84. The lowest BCUT2D eigenvalue weighted by atomic mass is 9.98. The molecule has 0 aromatic heterocycles. The highest BCUT2D eigenvalue weighted by Crippen LogP contribution is 2.42. The molecular weight excluding hydrogens is 224 g/mol. The summed E-state index contributed by atoms with van der Waals surface area (Å²) in [7, 11) is 0. The van der Waals surface area contributed by atoms with E-state index in [9.17, 15) is 4.79 Å². The number of carbonyl (C=O) groups excluding carboxylic acids is 1. The maximum Gasteiger partial charge on any atom is 0.137 e. The summed E-state index contributed by atoms with van der Waals surface area (Å²) < 4.78 is -0.0307. The van der Waals surface area contributed by atoms with E-state index in [0.717, 1.165) is 0 Å². The second-order valence-corrected chi connectivity index (χ2v) is 5.85. The highest BCUT2D eigenvalue weighted by molar-refractivity contribution is 9.25. The molecule has 7 heavy (non-hydrogen) atoms. The Balaban J connectivity index is 2.43. The number of hydrogen-bond donors (Lipinski definition) is 0. The molecule has 0 saturated heterocycles. The van der Waals surface area contributed by atoms with Crippen molar-refractivity contribution in [2.75, 3.05) is 0 Å². The Bertz CT molecular complexity index is 98.3. The molecule has 1 saturated carbocycles. The molecule has 0 aromatic rings. The van der Waals surface area contributed by atoms with Gasteiger partial charge in [0.15, 0.2) is 0 Å². The fraction of sp³-hybridized carbons (Fsp3) is 0.750. The van der Waals surface area contributed by atoms with Gasteiger partial charge < -0.3 is 0 Å². The van der Waals surface area contributed by atoms with Crippen LogP contribution in [-0.4, -0.2) is 9.02 Å². The zero-order valence-electron chi connectivity index (χ0n) is 3.58. The molecule has 40 valence electrons. The molecule has 0 heterocycles. The standard InChI is InChI=1S/C4H4Br2O/c5-4(6)1-3(7)2-4/h1-2H2. The molecule has 3 heteroatoms. The number of rotatable bonds is 0. The molecule has 1 nitrogen and oxygen atoms in total. The number of hydrogen-bond acceptors (Lipinski definition) is 1. The van der Waals surface area contributed by atoms with Crippen molar-refractivity contribution in [2.45, 2.75) is 16.1 Å². The molecule has 0 aliphatic heterocycles. The summed E-state index contributed by atoms with van der Waals surface area (Å²) >= 11 is 6.60. The number of halogens is 2. The van der Waals surface area contributed by atoms with E-state index in [1.807, 2.05) is 0 Å². The van der Waals surface area contributed by atoms with Crippen molar-refractivity contribution in [1.29, 1.82) is 0 Å². The van der Waals surface area contributed by atoms with Gasteiger partial charge in [-0.1, -0.05) is 31.9 Å². The highest BCUT2D eigenvalue weighted by atomic mass is 79.9. The van der Waals surface area contributed by atoms with Gasteiger partial charge in [0, 0.05) is 12.8 Å². The van der Waals surface area contributed by atoms with Crippen molar-refractivity contribution in [3.8, 4) is 0 Å². The lowest BCUT2D eigenvalue weighted by Gasteiger charge is -2.27. The molecule has 0 unspecified atom stereocenters. The van der Waals surface area contributed by atoms with Crippen molar-refractivity contribution < 1.29 is 4.79 Å². The third kappa shape index (κ3) is 1.26. The lowest BCUT2D eigenvalue weighted by Crippen LogP contribution is -2.31. The van der Waals surface area contributed by atoms with Crippen LogP contribution in [0.25, 0.3) is 0 Å². The third-order valence-corrected chi connectivity index (χ3v) is 2.03. The Kier molecular flexibility index (Phi) is 1.28. The first-order valence-electron chi connectivity index (χ1n) is 2.00. The summed E-state index contributed by atoms with van der Waals surface area (Å²) in [6.07, 6.45) is 1.26. The molecule has 1 fully saturated rings. The van der Waals surface area contributed by atoms with Gasteiger partial charge in [-0.05, 0) is 0 Å². The van der Waals surface area contributed by atoms with Crippen LogP contribution in [0, 0.1) is 0 Å². The molecule has 0 aromatic carbocycles. The highest BCUT2D eigenvalue weighted by Gasteiger charge is 2.38. The minimum atomic E-state index is -0.0307. The maximum absolute atomic E-state index is 10.3. The Morgan fingerprint density at radius 1 is 1.43 bits per heavy atom. The molecule has 0 spiro atoms.